The molecule has 2 bridgehead atoms. The number of ether oxygens (including phenoxy) is 2. The van der Waals surface area contributed by atoms with Gasteiger partial charge in [0.05, 0.1) is 11.4 Å². The summed E-state index contributed by atoms with van der Waals surface area (Å²) < 4.78 is 12.4. The molecule has 1 amide bonds. The first-order valence-corrected chi connectivity index (χ1v) is 12.5. The van der Waals surface area contributed by atoms with Gasteiger partial charge in [-0.05, 0) is 100 Å². The quantitative estimate of drug-likeness (QED) is 0.395. The number of fused-ring (bicyclic) bond motifs is 4. The van der Waals surface area contributed by atoms with Crippen molar-refractivity contribution in [1.82, 2.24) is 9.88 Å². The van der Waals surface area contributed by atoms with Crippen LogP contribution in [0.2, 0.25) is 0 Å². The van der Waals surface area contributed by atoms with E-state index in [0.29, 0.717) is 0 Å². The van der Waals surface area contributed by atoms with Gasteiger partial charge in [0.2, 0.25) is 0 Å². The molecule has 2 unspecified atom stereocenters. The molecule has 1 aromatic heterocycles. The molecule has 0 saturated carbocycles. The fraction of sp³-hybridized carbons (Fsp3) is 0.379. The summed E-state index contributed by atoms with van der Waals surface area (Å²) in [6, 6.07) is 18.7. The van der Waals surface area contributed by atoms with Crippen LogP contribution in [0.3, 0.4) is 0 Å². The minimum Gasteiger partial charge on any atom is -0.453 e. The molecule has 3 aliphatic rings. The summed E-state index contributed by atoms with van der Waals surface area (Å²) in [4.78, 5) is 22.2. The number of pyridine rings is 1. The van der Waals surface area contributed by atoms with Crippen LogP contribution in [0.15, 0.2) is 67.0 Å². The maximum absolute atomic E-state index is 13.6. The van der Waals surface area contributed by atoms with E-state index in [2.05, 4.69) is 34.1 Å². The molecule has 4 heterocycles. The third-order valence-electron chi connectivity index (χ3n) is 7.35. The van der Waals surface area contributed by atoms with Crippen LogP contribution in [-0.2, 0) is 4.74 Å². The minimum absolute atomic E-state index is 0.188. The SMILES string of the molecule is CC(C)(C)OC(=O)N1C2CCCC1(N1c3ccccc3Oc3cc(-c4ccncc4)ccc31)CC2. The van der Waals surface area contributed by atoms with Crippen molar-refractivity contribution in [3.63, 3.8) is 0 Å². The standard InChI is InChI=1S/C29H31N3O3/c1-28(2,3)35-27(33)31-22-7-6-15-29(31,16-12-22)32-23-8-4-5-9-25(23)34-26-19-21(10-11-24(26)32)20-13-17-30-18-14-20/h4-5,8-11,13-14,17-19,22H,6-7,12,15-16H2,1-3H3. The number of nitrogens with zero attached hydrogens (tertiary/aromatic N) is 3. The van der Waals surface area contributed by atoms with Gasteiger partial charge < -0.3 is 14.4 Å². The molecule has 2 fully saturated rings. The van der Waals surface area contributed by atoms with E-state index in [1.54, 1.807) is 12.4 Å². The lowest BCUT2D eigenvalue weighted by molar-refractivity contribution is -0.0132. The number of para-hydroxylation sites is 2. The van der Waals surface area contributed by atoms with Crippen molar-refractivity contribution in [2.75, 3.05) is 4.90 Å². The Hall–Kier alpha value is -3.54. The topological polar surface area (TPSA) is 54.9 Å². The van der Waals surface area contributed by atoms with Crippen LogP contribution in [0.5, 0.6) is 11.5 Å². The highest BCUT2D eigenvalue weighted by atomic mass is 16.6. The van der Waals surface area contributed by atoms with E-state index in [4.69, 9.17) is 9.47 Å². The van der Waals surface area contributed by atoms with Gasteiger partial charge in [0.25, 0.3) is 0 Å². The lowest BCUT2D eigenvalue weighted by atomic mass is 9.92. The predicted octanol–water partition coefficient (Wildman–Crippen LogP) is 7.27. The number of hydrogen-bond acceptors (Lipinski definition) is 5. The van der Waals surface area contributed by atoms with Crippen molar-refractivity contribution in [3.8, 4) is 22.6 Å². The summed E-state index contributed by atoms with van der Waals surface area (Å²) in [6.07, 6.45) is 8.24. The Bertz CT molecular complexity index is 1270. The van der Waals surface area contributed by atoms with E-state index in [9.17, 15) is 4.79 Å². The zero-order valence-electron chi connectivity index (χ0n) is 20.5. The fourth-order valence-electron chi connectivity index (χ4n) is 6.02. The van der Waals surface area contributed by atoms with E-state index in [-0.39, 0.29) is 12.1 Å². The number of carbonyl (C=O) groups excluding carboxylic acids is 1. The van der Waals surface area contributed by atoms with Crippen LogP contribution < -0.4 is 9.64 Å². The van der Waals surface area contributed by atoms with Crippen molar-refractivity contribution >= 4 is 17.5 Å². The number of amides is 1. The highest BCUT2D eigenvalue weighted by Gasteiger charge is 2.57. The molecule has 0 N–H and O–H groups in total. The van der Waals surface area contributed by atoms with Gasteiger partial charge in [0.1, 0.15) is 11.3 Å². The Balaban J connectivity index is 1.50. The van der Waals surface area contributed by atoms with Crippen molar-refractivity contribution in [3.05, 3.63) is 67.0 Å². The van der Waals surface area contributed by atoms with Crippen LogP contribution >= 0.6 is 0 Å². The third-order valence-corrected chi connectivity index (χ3v) is 7.35. The number of rotatable bonds is 2. The van der Waals surface area contributed by atoms with Crippen LogP contribution in [0.25, 0.3) is 11.1 Å². The van der Waals surface area contributed by atoms with E-state index >= 15 is 0 Å². The highest BCUT2D eigenvalue weighted by Crippen LogP contribution is 2.57. The zero-order chi connectivity index (χ0) is 24.2. The van der Waals surface area contributed by atoms with Crippen molar-refractivity contribution in [1.29, 1.82) is 0 Å². The van der Waals surface area contributed by atoms with Crippen LogP contribution in [0, 0.1) is 0 Å². The number of carbonyl (C=O) groups is 1. The molecule has 0 aliphatic carbocycles. The van der Waals surface area contributed by atoms with Crippen molar-refractivity contribution in [2.45, 2.75) is 70.2 Å². The summed E-state index contributed by atoms with van der Waals surface area (Å²) in [5.74, 6) is 1.60. The summed E-state index contributed by atoms with van der Waals surface area (Å²) in [5.41, 5.74) is 3.10. The van der Waals surface area contributed by atoms with Gasteiger partial charge in [-0.1, -0.05) is 18.2 Å². The smallest absolute Gasteiger partial charge is 0.412 e. The fourth-order valence-corrected chi connectivity index (χ4v) is 6.02. The van der Waals surface area contributed by atoms with Crippen LogP contribution in [0.4, 0.5) is 16.2 Å². The van der Waals surface area contributed by atoms with E-state index in [1.165, 1.54) is 0 Å². The molecule has 35 heavy (non-hydrogen) atoms. The predicted molar refractivity (Wildman–Crippen MR) is 136 cm³/mol. The Morgan fingerprint density at radius 1 is 0.971 bits per heavy atom. The largest absolute Gasteiger partial charge is 0.453 e. The Morgan fingerprint density at radius 2 is 1.74 bits per heavy atom. The first kappa shape index (κ1) is 22.0. The number of hydrogen-bond donors (Lipinski definition) is 0. The second kappa shape index (κ2) is 8.01. The molecule has 2 atom stereocenters. The summed E-state index contributed by atoms with van der Waals surface area (Å²) in [7, 11) is 0. The molecule has 2 saturated heterocycles. The lowest BCUT2D eigenvalue weighted by Gasteiger charge is -2.53. The molecule has 3 aliphatic heterocycles. The van der Waals surface area contributed by atoms with Gasteiger partial charge >= 0.3 is 6.09 Å². The normalized spacial score (nSPS) is 22.8. The molecule has 0 radical (unpaired) electrons. The number of benzene rings is 2. The molecule has 3 aromatic rings. The third kappa shape index (κ3) is 3.63. The lowest BCUT2D eigenvalue weighted by Crippen LogP contribution is -2.62. The van der Waals surface area contributed by atoms with Gasteiger partial charge in [-0.25, -0.2) is 4.79 Å². The zero-order valence-corrected chi connectivity index (χ0v) is 20.5. The first-order chi connectivity index (χ1) is 16.9. The van der Waals surface area contributed by atoms with E-state index in [1.807, 2.05) is 56.0 Å². The minimum atomic E-state index is -0.546. The average molecular weight is 470 g/mol. The summed E-state index contributed by atoms with van der Waals surface area (Å²) in [5, 5.41) is 0. The monoisotopic (exact) mass is 469 g/mol. The summed E-state index contributed by atoms with van der Waals surface area (Å²) >= 11 is 0. The van der Waals surface area contributed by atoms with Gasteiger partial charge in [0.15, 0.2) is 11.5 Å². The maximum Gasteiger partial charge on any atom is 0.412 e. The molecule has 2 aromatic carbocycles. The van der Waals surface area contributed by atoms with Crippen LogP contribution in [-0.4, -0.2) is 33.3 Å². The molecule has 0 spiro atoms. The molecule has 6 nitrogen and oxygen atoms in total. The second-order valence-corrected chi connectivity index (χ2v) is 10.7. The van der Waals surface area contributed by atoms with Crippen molar-refractivity contribution in [2.24, 2.45) is 0 Å². The number of anilines is 2. The molecular weight excluding hydrogens is 438 g/mol. The molecule has 180 valence electrons. The Labute approximate surface area is 206 Å². The molecule has 6 rings (SSSR count). The van der Waals surface area contributed by atoms with Gasteiger partial charge in [-0.15, -0.1) is 0 Å². The summed E-state index contributed by atoms with van der Waals surface area (Å²) in [6.45, 7) is 5.80. The van der Waals surface area contributed by atoms with Crippen LogP contribution in [0.1, 0.15) is 52.9 Å². The second-order valence-electron chi connectivity index (χ2n) is 10.7. The van der Waals surface area contributed by atoms with Gasteiger partial charge in [-0.3, -0.25) is 9.88 Å². The number of aromatic nitrogens is 1. The van der Waals surface area contributed by atoms with Gasteiger partial charge in [-0.2, -0.15) is 0 Å². The van der Waals surface area contributed by atoms with E-state index in [0.717, 1.165) is 66.1 Å². The first-order valence-electron chi connectivity index (χ1n) is 12.5. The highest BCUT2D eigenvalue weighted by molar-refractivity contribution is 5.84. The maximum atomic E-state index is 13.6. The Morgan fingerprint density at radius 3 is 2.54 bits per heavy atom. The average Bonchev–Trinajstić information content (AvgIpc) is 3.07. The van der Waals surface area contributed by atoms with E-state index < -0.39 is 11.3 Å². The Kier molecular flexibility index (Phi) is 5.02. The van der Waals surface area contributed by atoms with Crippen molar-refractivity contribution < 1.29 is 14.3 Å². The number of piperidine rings is 1. The molecular formula is C29H31N3O3. The molecule has 6 heteroatoms. The van der Waals surface area contributed by atoms with Gasteiger partial charge in [0, 0.05) is 18.4 Å².